The largest absolute Gasteiger partial charge is 0.283 e. The van der Waals surface area contributed by atoms with Gasteiger partial charge < -0.3 is 0 Å². The van der Waals surface area contributed by atoms with Crippen molar-refractivity contribution in [1.82, 2.24) is 9.55 Å². The van der Waals surface area contributed by atoms with Gasteiger partial charge in [0.15, 0.2) is 5.16 Å². The molecule has 0 fully saturated rings. The molecule has 0 aromatic carbocycles. The lowest BCUT2D eigenvalue weighted by atomic mass is 10.4. The van der Waals surface area contributed by atoms with E-state index < -0.39 is 0 Å². The summed E-state index contributed by atoms with van der Waals surface area (Å²) in [6, 6.07) is 1.84. The molecule has 0 saturated carbocycles. The highest BCUT2D eigenvalue weighted by Crippen LogP contribution is 2.21. The van der Waals surface area contributed by atoms with Gasteiger partial charge in [-0.1, -0.05) is 24.8 Å². The van der Waals surface area contributed by atoms with Crippen LogP contribution in [-0.2, 0) is 6.54 Å². The Kier molecular flexibility index (Phi) is 4.02. The van der Waals surface area contributed by atoms with Crippen molar-refractivity contribution in [3.63, 3.8) is 0 Å². The topological polar surface area (TPSA) is 34.9 Å². The summed E-state index contributed by atoms with van der Waals surface area (Å²) in [5.74, 6) is 0.973. The molecule has 0 atom stereocenters. The summed E-state index contributed by atoms with van der Waals surface area (Å²) in [4.78, 5) is 17.6. The van der Waals surface area contributed by atoms with Gasteiger partial charge in [0, 0.05) is 12.3 Å². The Morgan fingerprint density at radius 3 is 3.18 bits per heavy atom. The molecule has 0 aliphatic carbocycles. The summed E-state index contributed by atoms with van der Waals surface area (Å²) in [6.45, 7) is 6.33. The van der Waals surface area contributed by atoms with Crippen molar-refractivity contribution < 1.29 is 0 Å². The number of rotatable bonds is 5. The van der Waals surface area contributed by atoms with Crippen molar-refractivity contribution in [1.29, 1.82) is 0 Å². The van der Waals surface area contributed by atoms with Crippen LogP contribution in [0.1, 0.15) is 13.3 Å². The molecule has 0 saturated heterocycles. The first-order valence-corrected chi connectivity index (χ1v) is 7.36. The molecule has 2 aromatic rings. The third-order valence-corrected chi connectivity index (χ3v) is 4.28. The number of thiophene rings is 1. The van der Waals surface area contributed by atoms with Crippen LogP contribution >= 0.6 is 23.1 Å². The fourth-order valence-corrected chi connectivity index (χ4v) is 3.19. The Bertz CT molecular complexity index is 586. The molecule has 0 aliphatic rings. The lowest BCUT2D eigenvalue weighted by Crippen LogP contribution is -2.22. The Morgan fingerprint density at radius 1 is 1.65 bits per heavy atom. The van der Waals surface area contributed by atoms with Crippen LogP contribution in [0.25, 0.3) is 10.2 Å². The van der Waals surface area contributed by atoms with E-state index >= 15 is 0 Å². The van der Waals surface area contributed by atoms with Gasteiger partial charge in [0.1, 0.15) is 4.83 Å². The second-order valence-corrected chi connectivity index (χ2v) is 5.54. The maximum absolute atomic E-state index is 12.2. The van der Waals surface area contributed by atoms with E-state index in [1.54, 1.807) is 22.4 Å². The predicted octanol–water partition coefficient (Wildman–Crippen LogP) is 3.15. The summed E-state index contributed by atoms with van der Waals surface area (Å²) in [5, 5.41) is 3.41. The zero-order valence-corrected chi connectivity index (χ0v) is 11.3. The van der Waals surface area contributed by atoms with Gasteiger partial charge in [-0.15, -0.1) is 17.9 Å². The minimum Gasteiger partial charge on any atom is -0.283 e. The summed E-state index contributed by atoms with van der Waals surface area (Å²) < 4.78 is 1.70. The quantitative estimate of drug-likeness (QED) is 0.474. The first kappa shape index (κ1) is 12.4. The molecular weight excluding hydrogens is 252 g/mol. The van der Waals surface area contributed by atoms with Crippen molar-refractivity contribution in [2.45, 2.75) is 25.0 Å². The lowest BCUT2D eigenvalue weighted by Gasteiger charge is -2.09. The van der Waals surface area contributed by atoms with Crippen molar-refractivity contribution in [2.75, 3.05) is 5.75 Å². The van der Waals surface area contributed by atoms with Gasteiger partial charge >= 0.3 is 0 Å². The first-order chi connectivity index (χ1) is 8.27. The Balaban J connectivity index is 2.57. The number of nitrogens with zero attached hydrogens (tertiary/aromatic N) is 2. The van der Waals surface area contributed by atoms with Gasteiger partial charge in [-0.3, -0.25) is 9.36 Å². The van der Waals surface area contributed by atoms with Crippen molar-refractivity contribution in [3.8, 4) is 0 Å². The molecule has 0 amide bonds. The van der Waals surface area contributed by atoms with E-state index in [0.717, 1.165) is 22.2 Å². The maximum Gasteiger partial charge on any atom is 0.263 e. The van der Waals surface area contributed by atoms with Crippen LogP contribution in [0.5, 0.6) is 0 Å². The zero-order valence-electron chi connectivity index (χ0n) is 9.68. The monoisotopic (exact) mass is 266 g/mol. The minimum atomic E-state index is 0.0368. The Hall–Kier alpha value is -1.07. The van der Waals surface area contributed by atoms with E-state index in [2.05, 4.69) is 18.5 Å². The van der Waals surface area contributed by atoms with Gasteiger partial charge in [-0.05, 0) is 17.9 Å². The molecule has 90 valence electrons. The normalized spacial score (nSPS) is 10.9. The number of fused-ring (bicyclic) bond motifs is 1. The molecule has 0 unspecified atom stereocenters. The van der Waals surface area contributed by atoms with E-state index in [1.165, 1.54) is 11.3 Å². The van der Waals surface area contributed by atoms with Crippen LogP contribution in [0.2, 0.25) is 0 Å². The van der Waals surface area contributed by atoms with E-state index in [0.29, 0.717) is 11.9 Å². The molecule has 0 spiro atoms. The molecule has 0 radical (unpaired) electrons. The fourth-order valence-electron chi connectivity index (χ4n) is 1.52. The molecule has 2 heterocycles. The van der Waals surface area contributed by atoms with Crippen LogP contribution in [-0.4, -0.2) is 15.3 Å². The zero-order chi connectivity index (χ0) is 12.3. The highest BCUT2D eigenvalue weighted by atomic mass is 32.2. The van der Waals surface area contributed by atoms with Crippen molar-refractivity contribution >= 4 is 33.3 Å². The number of thioether (sulfide) groups is 1. The second-order valence-electron chi connectivity index (χ2n) is 3.59. The molecule has 0 bridgehead atoms. The average Bonchev–Trinajstić information content (AvgIpc) is 2.79. The van der Waals surface area contributed by atoms with E-state index in [1.807, 2.05) is 11.4 Å². The average molecular weight is 266 g/mol. The molecule has 0 N–H and O–H groups in total. The van der Waals surface area contributed by atoms with Gasteiger partial charge in [-0.25, -0.2) is 4.98 Å². The molecule has 2 aromatic heterocycles. The number of aromatic nitrogens is 2. The molecule has 0 aliphatic heterocycles. The SMILES string of the molecule is C=CCn1c(SCCC)nc2sccc2c1=O. The summed E-state index contributed by atoms with van der Waals surface area (Å²) >= 11 is 3.14. The number of allylic oxidation sites excluding steroid dienone is 1. The molecule has 3 nitrogen and oxygen atoms in total. The minimum absolute atomic E-state index is 0.0368. The first-order valence-electron chi connectivity index (χ1n) is 5.49. The summed E-state index contributed by atoms with van der Waals surface area (Å²) in [5.41, 5.74) is 0.0368. The predicted molar refractivity (Wildman–Crippen MR) is 75.1 cm³/mol. The van der Waals surface area contributed by atoms with Crippen LogP contribution < -0.4 is 5.56 Å². The Morgan fingerprint density at radius 2 is 2.47 bits per heavy atom. The fraction of sp³-hybridized carbons (Fsp3) is 0.333. The second kappa shape index (κ2) is 5.51. The van der Waals surface area contributed by atoms with E-state index in [-0.39, 0.29) is 5.56 Å². The van der Waals surface area contributed by atoms with Crippen LogP contribution in [0, 0.1) is 0 Å². The smallest absolute Gasteiger partial charge is 0.263 e. The standard InChI is InChI=1S/C12H14N2OS2/c1-3-6-14-11(15)9-5-8-16-10(9)13-12(14)17-7-4-2/h3,5,8H,1,4,6-7H2,2H3. The molecule has 5 heteroatoms. The van der Waals surface area contributed by atoms with Gasteiger partial charge in [0.05, 0.1) is 5.39 Å². The highest BCUT2D eigenvalue weighted by Gasteiger charge is 2.10. The van der Waals surface area contributed by atoms with Crippen molar-refractivity contribution in [2.24, 2.45) is 0 Å². The molecular formula is C12H14N2OS2. The lowest BCUT2D eigenvalue weighted by molar-refractivity contribution is 0.672. The van der Waals surface area contributed by atoms with E-state index in [9.17, 15) is 4.79 Å². The van der Waals surface area contributed by atoms with Gasteiger partial charge in [-0.2, -0.15) is 0 Å². The van der Waals surface area contributed by atoms with Gasteiger partial charge in [0.25, 0.3) is 5.56 Å². The van der Waals surface area contributed by atoms with E-state index in [4.69, 9.17) is 0 Å². The third-order valence-electron chi connectivity index (χ3n) is 2.30. The number of hydrogen-bond donors (Lipinski definition) is 0. The third kappa shape index (κ3) is 2.45. The van der Waals surface area contributed by atoms with Gasteiger partial charge in [0.2, 0.25) is 0 Å². The van der Waals surface area contributed by atoms with Crippen LogP contribution in [0.15, 0.2) is 34.1 Å². The summed E-state index contributed by atoms with van der Waals surface area (Å²) in [6.07, 6.45) is 2.80. The van der Waals surface area contributed by atoms with Crippen molar-refractivity contribution in [3.05, 3.63) is 34.5 Å². The molecule has 17 heavy (non-hydrogen) atoms. The van der Waals surface area contributed by atoms with Crippen LogP contribution in [0.4, 0.5) is 0 Å². The maximum atomic E-state index is 12.2. The Labute approximate surface area is 108 Å². The number of hydrogen-bond acceptors (Lipinski definition) is 4. The molecule has 2 rings (SSSR count). The summed E-state index contributed by atoms with van der Waals surface area (Å²) in [7, 11) is 0. The van der Waals surface area contributed by atoms with Crippen LogP contribution in [0.3, 0.4) is 0 Å². The highest BCUT2D eigenvalue weighted by molar-refractivity contribution is 7.99.